The van der Waals surface area contributed by atoms with E-state index in [1.54, 1.807) is 11.8 Å². The van der Waals surface area contributed by atoms with Gasteiger partial charge >= 0.3 is 12.0 Å². The highest BCUT2D eigenvalue weighted by molar-refractivity contribution is 7.98. The number of nitrogens with one attached hydrogen (secondary N) is 2. The van der Waals surface area contributed by atoms with Gasteiger partial charge in [-0.15, -0.1) is 0 Å². The second-order valence-electron chi connectivity index (χ2n) is 4.31. The Morgan fingerprint density at radius 3 is 2.56 bits per heavy atom. The van der Waals surface area contributed by atoms with Crippen molar-refractivity contribution in [3.8, 4) is 0 Å². The Morgan fingerprint density at radius 2 is 2.00 bits per heavy atom. The molecule has 0 aromatic rings. The number of carbonyl (C=O) groups excluding carboxylic acids is 1. The smallest absolute Gasteiger partial charge is 0.330 e. The molecule has 0 spiro atoms. The minimum atomic E-state index is -0.988. The molecule has 3 N–H and O–H groups in total. The van der Waals surface area contributed by atoms with Gasteiger partial charge in [-0.3, -0.25) is 5.43 Å². The van der Waals surface area contributed by atoms with Crippen LogP contribution in [0.15, 0.2) is 0 Å². The Balaban J connectivity index is 2.32. The van der Waals surface area contributed by atoms with Crippen molar-refractivity contribution < 1.29 is 14.7 Å². The Labute approximate surface area is 111 Å². The molecule has 0 aromatic carbocycles. The van der Waals surface area contributed by atoms with Crippen molar-refractivity contribution in [3.05, 3.63) is 0 Å². The van der Waals surface area contributed by atoms with E-state index in [2.05, 4.69) is 10.7 Å². The minimum absolute atomic E-state index is 0.426. The molecule has 0 aromatic heterocycles. The van der Waals surface area contributed by atoms with Gasteiger partial charge in [-0.25, -0.2) is 14.6 Å². The van der Waals surface area contributed by atoms with Crippen molar-refractivity contribution in [2.45, 2.75) is 31.7 Å². The third-order valence-corrected chi connectivity index (χ3v) is 3.47. The number of hydrogen-bond donors (Lipinski definition) is 3. The number of hydrazine groups is 1. The summed E-state index contributed by atoms with van der Waals surface area (Å²) in [6, 6.07) is -1.24. The summed E-state index contributed by atoms with van der Waals surface area (Å²) in [5.41, 5.74) is 2.69. The summed E-state index contributed by atoms with van der Waals surface area (Å²) in [7, 11) is 0. The molecular weight excluding hydrogens is 254 g/mol. The lowest BCUT2D eigenvalue weighted by molar-refractivity contribution is -0.139. The summed E-state index contributed by atoms with van der Waals surface area (Å²) in [5.74, 6) is -0.279. The Morgan fingerprint density at radius 1 is 1.33 bits per heavy atom. The first-order valence-corrected chi connectivity index (χ1v) is 7.56. The quantitative estimate of drug-likeness (QED) is 0.671. The zero-order chi connectivity index (χ0) is 13.4. The molecule has 2 amide bonds. The lowest BCUT2D eigenvalue weighted by Gasteiger charge is -2.27. The molecule has 1 atom stereocenters. The van der Waals surface area contributed by atoms with Crippen molar-refractivity contribution in [2.75, 3.05) is 25.1 Å². The second kappa shape index (κ2) is 8.20. The molecule has 0 radical (unpaired) electrons. The number of thioether (sulfide) groups is 1. The fourth-order valence-electron chi connectivity index (χ4n) is 1.83. The van der Waals surface area contributed by atoms with Crippen molar-refractivity contribution in [2.24, 2.45) is 0 Å². The van der Waals surface area contributed by atoms with Gasteiger partial charge in [0.1, 0.15) is 6.04 Å². The Hall–Kier alpha value is -0.950. The first kappa shape index (κ1) is 15.1. The van der Waals surface area contributed by atoms with Gasteiger partial charge in [0, 0.05) is 13.1 Å². The zero-order valence-corrected chi connectivity index (χ0v) is 11.5. The van der Waals surface area contributed by atoms with Crippen molar-refractivity contribution in [3.63, 3.8) is 0 Å². The minimum Gasteiger partial charge on any atom is -0.480 e. The molecule has 1 saturated heterocycles. The van der Waals surface area contributed by atoms with Gasteiger partial charge in [-0.2, -0.15) is 11.8 Å². The second-order valence-corrected chi connectivity index (χ2v) is 5.29. The van der Waals surface area contributed by atoms with Crippen LogP contribution in [0.1, 0.15) is 25.7 Å². The van der Waals surface area contributed by atoms with Crippen LogP contribution in [-0.4, -0.2) is 53.3 Å². The Bertz CT molecular complexity index is 283. The molecule has 1 heterocycles. The predicted molar refractivity (Wildman–Crippen MR) is 71.5 cm³/mol. The first-order valence-electron chi connectivity index (χ1n) is 6.17. The van der Waals surface area contributed by atoms with Crippen LogP contribution in [0, 0.1) is 0 Å². The van der Waals surface area contributed by atoms with Gasteiger partial charge in [-0.05, 0) is 31.3 Å². The summed E-state index contributed by atoms with van der Waals surface area (Å²) in [5, 5.41) is 13.3. The molecule has 1 rings (SSSR count). The van der Waals surface area contributed by atoms with Crippen LogP contribution in [0.3, 0.4) is 0 Å². The molecule has 0 unspecified atom stereocenters. The maximum absolute atomic E-state index is 11.7. The topological polar surface area (TPSA) is 81.7 Å². The fourth-order valence-corrected chi connectivity index (χ4v) is 2.30. The zero-order valence-electron chi connectivity index (χ0n) is 10.6. The summed E-state index contributed by atoms with van der Waals surface area (Å²) < 4.78 is 0. The number of hydrogen-bond acceptors (Lipinski definition) is 4. The molecule has 0 saturated carbocycles. The SMILES string of the molecule is CSCC[C@@H](NC(=O)NN1CCCCC1)C(=O)O. The van der Waals surface area contributed by atoms with Gasteiger partial charge in [0.25, 0.3) is 0 Å². The monoisotopic (exact) mass is 275 g/mol. The van der Waals surface area contributed by atoms with Crippen LogP contribution in [0.25, 0.3) is 0 Å². The number of nitrogens with zero attached hydrogens (tertiary/aromatic N) is 1. The van der Waals surface area contributed by atoms with E-state index in [9.17, 15) is 9.59 Å². The lowest BCUT2D eigenvalue weighted by Crippen LogP contribution is -2.53. The molecule has 1 fully saturated rings. The van der Waals surface area contributed by atoms with E-state index in [1.807, 2.05) is 11.3 Å². The van der Waals surface area contributed by atoms with E-state index >= 15 is 0 Å². The Kier molecular flexibility index (Phi) is 6.89. The number of aliphatic carboxylic acids is 1. The highest BCUT2D eigenvalue weighted by Gasteiger charge is 2.20. The number of carboxylic acids is 1. The number of carbonyl (C=O) groups is 2. The number of piperidine rings is 1. The third kappa shape index (κ3) is 5.59. The molecule has 6 nitrogen and oxygen atoms in total. The van der Waals surface area contributed by atoms with Crippen molar-refractivity contribution in [1.82, 2.24) is 15.8 Å². The van der Waals surface area contributed by atoms with Gasteiger partial charge in [-0.1, -0.05) is 6.42 Å². The van der Waals surface area contributed by atoms with E-state index in [0.717, 1.165) is 25.9 Å². The van der Waals surface area contributed by atoms with E-state index in [-0.39, 0.29) is 0 Å². The maximum atomic E-state index is 11.7. The standard InChI is InChI=1S/C11H21N3O3S/c1-18-8-5-9(10(15)16)12-11(17)13-14-6-3-2-4-7-14/h9H,2-8H2,1H3,(H,15,16)(H2,12,13,17)/t9-/m1/s1. The summed E-state index contributed by atoms with van der Waals surface area (Å²) in [6.45, 7) is 1.66. The van der Waals surface area contributed by atoms with Gasteiger partial charge in [0.15, 0.2) is 0 Å². The molecular formula is C11H21N3O3S. The van der Waals surface area contributed by atoms with Crippen LogP contribution >= 0.6 is 11.8 Å². The van der Waals surface area contributed by atoms with Gasteiger partial charge in [0.05, 0.1) is 0 Å². The summed E-state index contributed by atoms with van der Waals surface area (Å²) >= 11 is 1.56. The van der Waals surface area contributed by atoms with Crippen molar-refractivity contribution in [1.29, 1.82) is 0 Å². The lowest BCUT2D eigenvalue weighted by atomic mass is 10.2. The molecule has 7 heteroatoms. The number of amides is 2. The number of carboxylic acid groups (broad SMARTS) is 1. The predicted octanol–water partition coefficient (Wildman–Crippen LogP) is 0.893. The molecule has 18 heavy (non-hydrogen) atoms. The van der Waals surface area contributed by atoms with Crippen LogP contribution in [0.2, 0.25) is 0 Å². The van der Waals surface area contributed by atoms with Crippen LogP contribution < -0.4 is 10.7 Å². The summed E-state index contributed by atoms with van der Waals surface area (Å²) in [6.07, 6.45) is 5.66. The number of urea groups is 1. The normalized spacial score (nSPS) is 18.1. The largest absolute Gasteiger partial charge is 0.480 e. The molecule has 104 valence electrons. The molecule has 1 aliphatic heterocycles. The fraction of sp³-hybridized carbons (Fsp3) is 0.818. The van der Waals surface area contributed by atoms with E-state index in [4.69, 9.17) is 5.11 Å². The maximum Gasteiger partial charge on any atom is 0.330 e. The average molecular weight is 275 g/mol. The highest BCUT2D eigenvalue weighted by Crippen LogP contribution is 2.06. The van der Waals surface area contributed by atoms with Crippen LogP contribution in [0.4, 0.5) is 4.79 Å². The third-order valence-electron chi connectivity index (χ3n) is 2.83. The van der Waals surface area contributed by atoms with Gasteiger partial charge in [0.2, 0.25) is 0 Å². The van der Waals surface area contributed by atoms with Crippen molar-refractivity contribution >= 4 is 23.8 Å². The molecule has 0 aliphatic carbocycles. The number of rotatable bonds is 6. The molecule has 0 bridgehead atoms. The van der Waals surface area contributed by atoms with E-state index < -0.39 is 18.0 Å². The van der Waals surface area contributed by atoms with Gasteiger partial charge < -0.3 is 10.4 Å². The van der Waals surface area contributed by atoms with Crippen LogP contribution in [0.5, 0.6) is 0 Å². The van der Waals surface area contributed by atoms with E-state index in [0.29, 0.717) is 12.2 Å². The first-order chi connectivity index (χ1) is 8.63. The summed E-state index contributed by atoms with van der Waals surface area (Å²) in [4.78, 5) is 22.6. The van der Waals surface area contributed by atoms with E-state index in [1.165, 1.54) is 6.42 Å². The van der Waals surface area contributed by atoms with Crippen LogP contribution in [-0.2, 0) is 4.79 Å². The molecule has 1 aliphatic rings. The highest BCUT2D eigenvalue weighted by atomic mass is 32.2. The average Bonchev–Trinajstić information content (AvgIpc) is 2.35.